The second-order valence-electron chi connectivity index (χ2n) is 6.27. The summed E-state index contributed by atoms with van der Waals surface area (Å²) in [6, 6.07) is 19.4. The number of aromatic amines is 1. The number of aromatic nitrogens is 1. The number of H-pyrrole nitrogens is 1. The van der Waals surface area contributed by atoms with Crippen molar-refractivity contribution in [2.45, 2.75) is 9.79 Å². The van der Waals surface area contributed by atoms with Crippen LogP contribution in [0.3, 0.4) is 0 Å². The molecule has 1 aromatic heterocycles. The first kappa shape index (κ1) is 18.4. The van der Waals surface area contributed by atoms with E-state index in [9.17, 15) is 5.11 Å². The van der Waals surface area contributed by atoms with Crippen LogP contribution in [0, 0.1) is 0 Å². The van der Waals surface area contributed by atoms with E-state index < -0.39 is 0 Å². The summed E-state index contributed by atoms with van der Waals surface area (Å²) in [5, 5.41) is 10.8. The molecule has 0 spiro atoms. The van der Waals surface area contributed by atoms with Gasteiger partial charge in [0, 0.05) is 26.8 Å². The van der Waals surface area contributed by atoms with E-state index in [4.69, 9.17) is 15.2 Å². The van der Waals surface area contributed by atoms with Crippen molar-refractivity contribution < 1.29 is 14.6 Å². The number of nitrogen functional groups attached to an aromatic ring is 1. The molecule has 1 aliphatic rings. The van der Waals surface area contributed by atoms with Crippen molar-refractivity contribution >= 4 is 40.8 Å². The summed E-state index contributed by atoms with van der Waals surface area (Å²) in [6.07, 6.45) is 0. The predicted octanol–water partition coefficient (Wildman–Crippen LogP) is 5.42. The first-order valence-electron chi connectivity index (χ1n) is 8.46. The second-order valence-corrected chi connectivity index (χ2v) is 7.35. The van der Waals surface area contributed by atoms with Gasteiger partial charge in [0.05, 0.1) is 16.9 Å². The van der Waals surface area contributed by atoms with Crippen LogP contribution in [0.1, 0.15) is 0 Å². The van der Waals surface area contributed by atoms with Crippen molar-refractivity contribution in [3.63, 3.8) is 0 Å². The first-order chi connectivity index (χ1) is 13.2. The minimum absolute atomic E-state index is 0. The van der Waals surface area contributed by atoms with Gasteiger partial charge in [0.25, 0.3) is 0 Å². The Kier molecular flexibility index (Phi) is 4.75. The van der Waals surface area contributed by atoms with Crippen molar-refractivity contribution in [2.75, 3.05) is 12.5 Å². The molecule has 0 atom stereocenters. The lowest BCUT2D eigenvalue weighted by molar-refractivity contribution is 0.174. The van der Waals surface area contributed by atoms with E-state index in [2.05, 4.69) is 17.1 Å². The second kappa shape index (κ2) is 7.22. The van der Waals surface area contributed by atoms with Gasteiger partial charge in [-0.15, -0.1) is 12.4 Å². The van der Waals surface area contributed by atoms with E-state index in [1.807, 2.05) is 36.4 Å². The Labute approximate surface area is 171 Å². The van der Waals surface area contributed by atoms with Gasteiger partial charge in [-0.1, -0.05) is 30.0 Å². The number of fused-ring (bicyclic) bond motifs is 2. The van der Waals surface area contributed by atoms with Gasteiger partial charge in [0.15, 0.2) is 11.5 Å². The number of phenolic OH excluding ortho intramolecular Hbond substituents is 1. The molecule has 0 bridgehead atoms. The Morgan fingerprint density at radius 2 is 1.71 bits per heavy atom. The molecule has 4 N–H and O–H groups in total. The molecule has 2 heterocycles. The zero-order valence-corrected chi connectivity index (χ0v) is 16.3. The van der Waals surface area contributed by atoms with E-state index in [0.29, 0.717) is 5.69 Å². The predicted molar refractivity (Wildman–Crippen MR) is 114 cm³/mol. The number of ether oxygens (including phenoxy) is 2. The van der Waals surface area contributed by atoms with E-state index in [1.165, 1.54) is 0 Å². The fraction of sp³-hybridized carbons (Fsp3) is 0.0476. The number of hydrogen-bond acceptors (Lipinski definition) is 5. The molecule has 0 aliphatic carbocycles. The number of anilines is 1. The van der Waals surface area contributed by atoms with Crippen molar-refractivity contribution in [1.29, 1.82) is 0 Å². The normalized spacial score (nSPS) is 12.1. The van der Waals surface area contributed by atoms with E-state index in [-0.39, 0.29) is 24.9 Å². The lowest BCUT2D eigenvalue weighted by Crippen LogP contribution is -1.92. The van der Waals surface area contributed by atoms with Crippen LogP contribution in [0.4, 0.5) is 5.69 Å². The fourth-order valence-electron chi connectivity index (χ4n) is 3.19. The fourth-order valence-corrected chi connectivity index (χ4v) is 4.26. The number of hydrogen-bond donors (Lipinski definition) is 3. The molecule has 0 amide bonds. The maximum atomic E-state index is 9.77. The van der Waals surface area contributed by atoms with E-state index in [1.54, 1.807) is 23.9 Å². The SMILES string of the molecule is Cl.Nc1cc(-c2[nH]c3cc4c(cc3c2Sc2ccccc2)OCO4)ccc1O. The summed E-state index contributed by atoms with van der Waals surface area (Å²) < 4.78 is 11.1. The topological polar surface area (TPSA) is 80.5 Å². The van der Waals surface area contributed by atoms with Crippen molar-refractivity contribution in [2.24, 2.45) is 0 Å². The number of aromatic hydroxyl groups is 1. The van der Waals surface area contributed by atoms with E-state index in [0.717, 1.165) is 43.5 Å². The largest absolute Gasteiger partial charge is 0.506 e. The smallest absolute Gasteiger partial charge is 0.231 e. The highest BCUT2D eigenvalue weighted by Crippen LogP contribution is 2.46. The van der Waals surface area contributed by atoms with Gasteiger partial charge in [0.2, 0.25) is 6.79 Å². The maximum Gasteiger partial charge on any atom is 0.231 e. The van der Waals surface area contributed by atoms with Crippen molar-refractivity contribution in [1.82, 2.24) is 4.98 Å². The highest BCUT2D eigenvalue weighted by molar-refractivity contribution is 7.99. The van der Waals surface area contributed by atoms with E-state index >= 15 is 0 Å². The van der Waals surface area contributed by atoms with Crippen LogP contribution in [-0.4, -0.2) is 16.9 Å². The zero-order chi connectivity index (χ0) is 18.4. The molecule has 5 rings (SSSR count). The van der Waals surface area contributed by atoms with Crippen LogP contribution >= 0.6 is 24.2 Å². The molecule has 7 heteroatoms. The summed E-state index contributed by atoms with van der Waals surface area (Å²) in [6.45, 7) is 0.241. The van der Waals surface area contributed by atoms with Crippen molar-refractivity contribution in [3.05, 3.63) is 60.7 Å². The Bertz CT molecular complexity index is 1160. The maximum absolute atomic E-state index is 9.77. The highest BCUT2D eigenvalue weighted by atomic mass is 35.5. The van der Waals surface area contributed by atoms with Crippen LogP contribution in [0.5, 0.6) is 17.2 Å². The molecule has 0 radical (unpaired) electrons. The molecule has 1 aliphatic heterocycles. The monoisotopic (exact) mass is 412 g/mol. The molecule has 0 fully saturated rings. The third-order valence-electron chi connectivity index (χ3n) is 4.52. The lowest BCUT2D eigenvalue weighted by Gasteiger charge is -2.07. The third-order valence-corrected chi connectivity index (χ3v) is 5.66. The first-order valence-corrected chi connectivity index (χ1v) is 9.28. The third kappa shape index (κ3) is 3.10. The van der Waals surface area contributed by atoms with Crippen LogP contribution in [0.25, 0.3) is 22.2 Å². The van der Waals surface area contributed by atoms with Crippen molar-refractivity contribution in [3.8, 4) is 28.5 Å². The molecule has 4 aromatic rings. The summed E-state index contributed by atoms with van der Waals surface area (Å²) in [5.74, 6) is 1.55. The molecule has 0 unspecified atom stereocenters. The Morgan fingerprint density at radius 3 is 2.46 bits per heavy atom. The molecular weight excluding hydrogens is 396 g/mol. The van der Waals surface area contributed by atoms with Gasteiger partial charge in [-0.2, -0.15) is 0 Å². The number of halogens is 1. The van der Waals surface area contributed by atoms with Crippen LogP contribution < -0.4 is 15.2 Å². The number of nitrogens with one attached hydrogen (secondary N) is 1. The number of benzene rings is 3. The number of nitrogens with two attached hydrogens (primary N) is 1. The van der Waals surface area contributed by atoms with Crippen LogP contribution in [0.15, 0.2) is 70.5 Å². The number of rotatable bonds is 3. The van der Waals surface area contributed by atoms with Gasteiger partial charge in [0.1, 0.15) is 5.75 Å². The molecule has 0 saturated heterocycles. The molecule has 28 heavy (non-hydrogen) atoms. The van der Waals surface area contributed by atoms with Gasteiger partial charge in [-0.3, -0.25) is 0 Å². The quantitative estimate of drug-likeness (QED) is 0.309. The average molecular weight is 413 g/mol. The molecular formula is C21H17ClN2O3S. The van der Waals surface area contributed by atoms with Crippen LogP contribution in [-0.2, 0) is 0 Å². The Hall–Kier alpha value is -2.96. The highest BCUT2D eigenvalue weighted by Gasteiger charge is 2.21. The number of phenols is 1. The van der Waals surface area contributed by atoms with Gasteiger partial charge < -0.3 is 25.3 Å². The standard InChI is InChI=1S/C21H16N2O3S.ClH/c22-15-8-12(6-7-17(15)24)20-21(27-13-4-2-1-3-5-13)14-9-18-19(26-11-25-18)10-16(14)23-20;/h1-10,23-24H,11,22H2;1H. The minimum Gasteiger partial charge on any atom is -0.506 e. The molecule has 0 saturated carbocycles. The van der Waals surface area contributed by atoms with Gasteiger partial charge in [-0.25, -0.2) is 0 Å². The Balaban J connectivity index is 0.00000192. The van der Waals surface area contributed by atoms with Crippen LogP contribution in [0.2, 0.25) is 0 Å². The lowest BCUT2D eigenvalue weighted by atomic mass is 10.1. The summed E-state index contributed by atoms with van der Waals surface area (Å²) in [7, 11) is 0. The summed E-state index contributed by atoms with van der Waals surface area (Å²) >= 11 is 1.67. The van der Waals surface area contributed by atoms with Gasteiger partial charge >= 0.3 is 0 Å². The Morgan fingerprint density at radius 1 is 0.964 bits per heavy atom. The van der Waals surface area contributed by atoms with Gasteiger partial charge in [-0.05, 0) is 36.4 Å². The average Bonchev–Trinajstić information content (AvgIpc) is 3.27. The minimum atomic E-state index is 0. The summed E-state index contributed by atoms with van der Waals surface area (Å²) in [4.78, 5) is 5.68. The molecule has 142 valence electrons. The summed E-state index contributed by atoms with van der Waals surface area (Å²) in [5.41, 5.74) is 9.07. The molecule has 3 aromatic carbocycles. The molecule has 5 nitrogen and oxygen atoms in total. The zero-order valence-electron chi connectivity index (χ0n) is 14.6.